The third-order valence-corrected chi connectivity index (χ3v) is 2.85. The molecule has 0 N–H and O–H groups in total. The molecule has 0 amide bonds. The Morgan fingerprint density at radius 2 is 2.12 bits per heavy atom. The van der Waals surface area contributed by atoms with E-state index < -0.39 is 5.82 Å². The first-order chi connectivity index (χ1) is 8.19. The summed E-state index contributed by atoms with van der Waals surface area (Å²) in [4.78, 5) is 3.96. The number of aromatic nitrogens is 1. The van der Waals surface area contributed by atoms with Gasteiger partial charge < -0.3 is 4.74 Å². The van der Waals surface area contributed by atoms with Crippen LogP contribution in [0.25, 0.3) is 0 Å². The maximum atomic E-state index is 13.4. The topological polar surface area (TPSA) is 22.1 Å². The normalized spacial score (nSPS) is 10.3. The van der Waals surface area contributed by atoms with Crippen LogP contribution in [-0.4, -0.2) is 4.98 Å². The second-order valence-electron chi connectivity index (χ2n) is 3.34. The van der Waals surface area contributed by atoms with E-state index in [1.807, 2.05) is 0 Å². The molecule has 5 heteroatoms. The molecule has 0 spiro atoms. The zero-order chi connectivity index (χ0) is 12.3. The molecule has 17 heavy (non-hydrogen) atoms. The van der Waals surface area contributed by atoms with Gasteiger partial charge in [-0.05, 0) is 29.8 Å². The van der Waals surface area contributed by atoms with Gasteiger partial charge in [0.2, 0.25) is 0 Å². The van der Waals surface area contributed by atoms with E-state index in [-0.39, 0.29) is 5.75 Å². The van der Waals surface area contributed by atoms with E-state index in [2.05, 4.69) is 20.9 Å². The number of rotatable bonds is 3. The third kappa shape index (κ3) is 3.17. The van der Waals surface area contributed by atoms with Crippen molar-refractivity contribution in [2.45, 2.75) is 5.88 Å². The van der Waals surface area contributed by atoms with Gasteiger partial charge in [0.1, 0.15) is 5.75 Å². The van der Waals surface area contributed by atoms with Crippen LogP contribution < -0.4 is 4.74 Å². The molecule has 1 aromatic carbocycles. The lowest BCUT2D eigenvalue weighted by Gasteiger charge is -2.07. The van der Waals surface area contributed by atoms with E-state index in [0.29, 0.717) is 11.6 Å². The molecule has 0 saturated heterocycles. The molecule has 2 aromatic rings. The van der Waals surface area contributed by atoms with Crippen molar-refractivity contribution in [1.29, 1.82) is 0 Å². The van der Waals surface area contributed by atoms with Crippen molar-refractivity contribution in [2.75, 3.05) is 0 Å². The Balaban J connectivity index is 2.27. The smallest absolute Gasteiger partial charge is 0.165 e. The Morgan fingerprint density at radius 1 is 1.29 bits per heavy atom. The second kappa shape index (κ2) is 5.47. The number of ether oxygens (including phenoxy) is 1. The average molecular weight is 317 g/mol. The van der Waals surface area contributed by atoms with Crippen molar-refractivity contribution < 1.29 is 9.13 Å². The lowest BCUT2D eigenvalue weighted by atomic mass is 10.3. The van der Waals surface area contributed by atoms with E-state index in [4.69, 9.17) is 16.3 Å². The van der Waals surface area contributed by atoms with Crippen molar-refractivity contribution in [3.63, 3.8) is 0 Å². The summed E-state index contributed by atoms with van der Waals surface area (Å²) >= 11 is 8.94. The molecule has 0 atom stereocenters. The number of pyridine rings is 1. The fraction of sp³-hybridized carbons (Fsp3) is 0.0833. The molecule has 0 fully saturated rings. The maximum Gasteiger partial charge on any atom is 0.165 e. The van der Waals surface area contributed by atoms with Crippen LogP contribution in [0.5, 0.6) is 11.5 Å². The minimum Gasteiger partial charge on any atom is -0.453 e. The first-order valence-electron chi connectivity index (χ1n) is 4.82. The van der Waals surface area contributed by atoms with Crippen LogP contribution in [0.15, 0.2) is 41.1 Å². The van der Waals surface area contributed by atoms with Crippen LogP contribution in [0.4, 0.5) is 4.39 Å². The van der Waals surface area contributed by atoms with Crippen molar-refractivity contribution in [3.05, 3.63) is 52.5 Å². The third-order valence-electron chi connectivity index (χ3n) is 2.05. The van der Waals surface area contributed by atoms with E-state index in [1.165, 1.54) is 12.3 Å². The minimum atomic E-state index is -0.426. The Bertz CT molecular complexity index is 536. The number of hydrogen-bond acceptors (Lipinski definition) is 2. The average Bonchev–Trinajstić information content (AvgIpc) is 2.34. The summed E-state index contributed by atoms with van der Waals surface area (Å²) in [5.74, 6) is 0.517. The van der Waals surface area contributed by atoms with E-state index >= 15 is 0 Å². The van der Waals surface area contributed by atoms with Gasteiger partial charge in [-0.3, -0.25) is 4.98 Å². The summed E-state index contributed by atoms with van der Waals surface area (Å²) in [5, 5.41) is 0. The standard InChI is InChI=1S/C12H8BrClFNO/c13-9-1-2-11(15)12(4-9)17-10-3-8(5-14)6-16-7-10/h1-4,6-7H,5H2. The Hall–Kier alpha value is -1.13. The molecule has 0 bridgehead atoms. The maximum absolute atomic E-state index is 13.4. The fourth-order valence-corrected chi connectivity index (χ4v) is 1.76. The molecule has 1 heterocycles. The molecule has 0 unspecified atom stereocenters. The van der Waals surface area contributed by atoms with Gasteiger partial charge in [-0.2, -0.15) is 0 Å². The van der Waals surface area contributed by atoms with Crippen LogP contribution in [-0.2, 0) is 5.88 Å². The van der Waals surface area contributed by atoms with Gasteiger partial charge in [-0.15, -0.1) is 11.6 Å². The molecular weight excluding hydrogens is 308 g/mol. The predicted molar refractivity (Wildman–Crippen MR) is 68.0 cm³/mol. The monoisotopic (exact) mass is 315 g/mol. The first kappa shape index (κ1) is 12.3. The molecule has 0 saturated carbocycles. The van der Waals surface area contributed by atoms with Crippen LogP contribution in [0, 0.1) is 5.82 Å². The Morgan fingerprint density at radius 3 is 2.88 bits per heavy atom. The highest BCUT2D eigenvalue weighted by Gasteiger charge is 2.06. The molecule has 1 aromatic heterocycles. The molecule has 2 rings (SSSR count). The van der Waals surface area contributed by atoms with Gasteiger partial charge in [-0.25, -0.2) is 4.39 Å². The quantitative estimate of drug-likeness (QED) is 0.777. The van der Waals surface area contributed by atoms with Gasteiger partial charge in [0, 0.05) is 16.5 Å². The Kier molecular flexibility index (Phi) is 3.97. The lowest BCUT2D eigenvalue weighted by Crippen LogP contribution is -1.90. The van der Waals surface area contributed by atoms with Crippen molar-refractivity contribution in [3.8, 4) is 11.5 Å². The number of halogens is 3. The molecule has 0 aliphatic rings. The van der Waals surface area contributed by atoms with Gasteiger partial charge in [-0.1, -0.05) is 15.9 Å². The summed E-state index contributed by atoms with van der Waals surface area (Å²) in [6.07, 6.45) is 3.15. The summed E-state index contributed by atoms with van der Waals surface area (Å²) in [6.45, 7) is 0. The summed E-state index contributed by atoms with van der Waals surface area (Å²) in [6, 6.07) is 6.22. The SMILES string of the molecule is Fc1ccc(Br)cc1Oc1cncc(CCl)c1. The second-order valence-corrected chi connectivity index (χ2v) is 4.52. The zero-order valence-corrected chi connectivity index (χ0v) is 11.0. The van der Waals surface area contributed by atoms with Gasteiger partial charge >= 0.3 is 0 Å². The highest BCUT2D eigenvalue weighted by Crippen LogP contribution is 2.27. The van der Waals surface area contributed by atoms with Gasteiger partial charge in [0.05, 0.1) is 6.20 Å². The number of nitrogens with zero attached hydrogens (tertiary/aromatic N) is 1. The molecule has 2 nitrogen and oxygen atoms in total. The van der Waals surface area contributed by atoms with Crippen LogP contribution in [0.1, 0.15) is 5.56 Å². The predicted octanol–water partition coefficient (Wildman–Crippen LogP) is 4.51. The summed E-state index contributed by atoms with van der Waals surface area (Å²) in [5.41, 5.74) is 0.819. The highest BCUT2D eigenvalue weighted by atomic mass is 79.9. The lowest BCUT2D eigenvalue weighted by molar-refractivity contribution is 0.440. The first-order valence-corrected chi connectivity index (χ1v) is 6.14. The van der Waals surface area contributed by atoms with Crippen molar-refractivity contribution >= 4 is 27.5 Å². The molecule has 0 aliphatic carbocycles. The van der Waals surface area contributed by atoms with Crippen molar-refractivity contribution in [1.82, 2.24) is 4.98 Å². The van der Waals surface area contributed by atoms with Crippen LogP contribution >= 0.6 is 27.5 Å². The summed E-state index contributed by atoms with van der Waals surface area (Å²) in [7, 11) is 0. The molecule has 0 radical (unpaired) electrons. The van der Waals surface area contributed by atoms with E-state index in [9.17, 15) is 4.39 Å². The van der Waals surface area contributed by atoms with Crippen LogP contribution in [0.3, 0.4) is 0 Å². The molecular formula is C12H8BrClFNO. The van der Waals surface area contributed by atoms with Gasteiger partial charge in [0.15, 0.2) is 11.6 Å². The summed E-state index contributed by atoms with van der Waals surface area (Å²) < 4.78 is 19.6. The number of alkyl halides is 1. The fourth-order valence-electron chi connectivity index (χ4n) is 1.28. The van der Waals surface area contributed by atoms with E-state index in [1.54, 1.807) is 24.4 Å². The number of hydrogen-bond donors (Lipinski definition) is 0. The largest absolute Gasteiger partial charge is 0.453 e. The van der Waals surface area contributed by atoms with Crippen molar-refractivity contribution in [2.24, 2.45) is 0 Å². The molecule has 88 valence electrons. The highest BCUT2D eigenvalue weighted by molar-refractivity contribution is 9.10. The molecule has 0 aliphatic heterocycles. The van der Waals surface area contributed by atoms with Gasteiger partial charge in [0.25, 0.3) is 0 Å². The number of benzene rings is 1. The van der Waals surface area contributed by atoms with Crippen LogP contribution in [0.2, 0.25) is 0 Å². The van der Waals surface area contributed by atoms with E-state index in [0.717, 1.165) is 10.0 Å². The Labute approximate surface area is 112 Å². The zero-order valence-electron chi connectivity index (χ0n) is 8.66. The minimum absolute atomic E-state index is 0.146.